The van der Waals surface area contributed by atoms with Crippen molar-refractivity contribution in [2.24, 2.45) is 0 Å². The van der Waals surface area contributed by atoms with Gasteiger partial charge in [0.2, 0.25) is 0 Å². The van der Waals surface area contributed by atoms with E-state index in [1.54, 1.807) is 21.1 Å². The number of hydrogen-bond donors (Lipinski definition) is 0. The average molecular weight is 311 g/mol. The number of rotatable bonds is 9. The molecular weight excluding hydrogens is 286 g/mol. The minimum atomic E-state index is -0.285. The minimum Gasteiger partial charge on any atom is -0.493 e. The normalized spacial score (nSPS) is 11.9. The summed E-state index contributed by atoms with van der Waals surface area (Å²) in [6, 6.07) is 5.76. The van der Waals surface area contributed by atoms with Crippen LogP contribution in [0.5, 0.6) is 11.5 Å². The number of hydroxylamine groups is 2. The predicted molar refractivity (Wildman–Crippen MR) is 82.6 cm³/mol. The quantitative estimate of drug-likeness (QED) is 0.656. The van der Waals surface area contributed by atoms with Gasteiger partial charge in [-0.05, 0) is 38.3 Å². The van der Waals surface area contributed by atoms with Crippen LogP contribution in [0, 0.1) is 0 Å². The van der Waals surface area contributed by atoms with Gasteiger partial charge in [0.15, 0.2) is 11.5 Å². The fraction of sp³-hybridized carbons (Fsp3) is 0.562. The summed E-state index contributed by atoms with van der Waals surface area (Å²) in [5.41, 5.74) is 1.03. The number of benzene rings is 1. The number of aryl methyl sites for hydroxylation is 1. The number of ether oxygens (including phenoxy) is 2. The highest BCUT2D eigenvalue weighted by atomic mass is 17.0. The molecule has 6 heteroatoms. The summed E-state index contributed by atoms with van der Waals surface area (Å²) in [7, 11) is 3.23. The smallest absolute Gasteiger partial charge is 0.270 e. The lowest BCUT2D eigenvalue weighted by molar-refractivity contribution is -0.354. The van der Waals surface area contributed by atoms with Crippen molar-refractivity contribution in [1.82, 2.24) is 5.23 Å². The molecule has 0 saturated carbocycles. The third-order valence-electron chi connectivity index (χ3n) is 3.08. The molecule has 0 N–H and O–H groups in total. The van der Waals surface area contributed by atoms with E-state index in [0.717, 1.165) is 23.0 Å². The maximum absolute atomic E-state index is 11.4. The molecule has 1 atom stereocenters. The Morgan fingerprint density at radius 2 is 2.00 bits per heavy atom. The number of nitrogens with zero attached hydrogens (tertiary/aromatic N) is 1. The zero-order valence-corrected chi connectivity index (χ0v) is 13.9. The molecule has 1 aromatic rings. The highest BCUT2D eigenvalue weighted by Gasteiger charge is 2.16. The first kappa shape index (κ1) is 18.3. The van der Waals surface area contributed by atoms with Gasteiger partial charge >= 0.3 is 0 Å². The summed E-state index contributed by atoms with van der Waals surface area (Å²) in [6.45, 7) is 5.45. The van der Waals surface area contributed by atoms with Crippen molar-refractivity contribution in [2.75, 3.05) is 20.8 Å². The monoisotopic (exact) mass is 311 g/mol. The Balaban J connectivity index is 2.64. The van der Waals surface area contributed by atoms with E-state index in [4.69, 9.17) is 19.1 Å². The molecule has 1 unspecified atom stereocenters. The summed E-state index contributed by atoms with van der Waals surface area (Å²) in [5.74, 6) is 1.14. The second-order valence-corrected chi connectivity index (χ2v) is 4.80. The molecule has 0 saturated heterocycles. The van der Waals surface area contributed by atoms with Crippen LogP contribution in [0.15, 0.2) is 18.2 Å². The molecule has 0 heterocycles. The van der Waals surface area contributed by atoms with E-state index in [-0.39, 0.29) is 12.0 Å². The topological polar surface area (TPSA) is 57.2 Å². The molecule has 6 nitrogen and oxygen atoms in total. The fourth-order valence-corrected chi connectivity index (χ4v) is 2.04. The van der Waals surface area contributed by atoms with Gasteiger partial charge in [-0.1, -0.05) is 17.4 Å². The first-order valence-corrected chi connectivity index (χ1v) is 7.33. The first-order valence-electron chi connectivity index (χ1n) is 7.33. The van der Waals surface area contributed by atoms with Crippen molar-refractivity contribution < 1.29 is 23.9 Å². The summed E-state index contributed by atoms with van der Waals surface area (Å²) in [6.07, 6.45) is 1.27. The molecule has 0 bridgehead atoms. The van der Waals surface area contributed by atoms with E-state index in [2.05, 4.69) is 0 Å². The van der Waals surface area contributed by atoms with E-state index in [1.807, 2.05) is 25.1 Å². The molecule has 22 heavy (non-hydrogen) atoms. The molecule has 1 amide bonds. The molecule has 0 aliphatic heterocycles. The molecule has 0 aliphatic rings. The van der Waals surface area contributed by atoms with Crippen LogP contribution < -0.4 is 9.47 Å². The van der Waals surface area contributed by atoms with Crippen LogP contribution in [0.3, 0.4) is 0 Å². The Morgan fingerprint density at radius 1 is 1.27 bits per heavy atom. The van der Waals surface area contributed by atoms with Crippen LogP contribution in [-0.2, 0) is 20.9 Å². The second kappa shape index (κ2) is 9.27. The summed E-state index contributed by atoms with van der Waals surface area (Å²) in [5, 5.41) is 0.938. The predicted octanol–water partition coefficient (Wildman–Crippen LogP) is 2.76. The van der Waals surface area contributed by atoms with Gasteiger partial charge < -0.3 is 9.47 Å². The third kappa shape index (κ3) is 5.20. The van der Waals surface area contributed by atoms with Gasteiger partial charge in [0.25, 0.3) is 5.91 Å². The average Bonchev–Trinajstić information content (AvgIpc) is 2.51. The van der Waals surface area contributed by atoms with E-state index in [0.29, 0.717) is 18.8 Å². The second-order valence-electron chi connectivity index (χ2n) is 4.80. The van der Waals surface area contributed by atoms with Gasteiger partial charge in [0, 0.05) is 6.92 Å². The number of amides is 1. The van der Waals surface area contributed by atoms with Gasteiger partial charge in [-0.15, -0.1) is 0 Å². The van der Waals surface area contributed by atoms with E-state index in [9.17, 15) is 4.79 Å². The van der Waals surface area contributed by atoms with Crippen LogP contribution in [0.1, 0.15) is 32.8 Å². The molecule has 0 aromatic heterocycles. The van der Waals surface area contributed by atoms with Crippen molar-refractivity contribution in [3.8, 4) is 11.5 Å². The van der Waals surface area contributed by atoms with Gasteiger partial charge in [0.1, 0.15) is 0 Å². The molecular formula is C16H25NO5. The Hall–Kier alpha value is -1.79. The maximum Gasteiger partial charge on any atom is 0.270 e. The van der Waals surface area contributed by atoms with E-state index < -0.39 is 0 Å². The summed E-state index contributed by atoms with van der Waals surface area (Å²) >= 11 is 0. The third-order valence-corrected chi connectivity index (χ3v) is 3.08. The van der Waals surface area contributed by atoms with Crippen molar-refractivity contribution in [3.05, 3.63) is 23.8 Å². The highest BCUT2D eigenvalue weighted by Crippen LogP contribution is 2.31. The zero-order chi connectivity index (χ0) is 16.5. The molecule has 1 rings (SSSR count). The maximum atomic E-state index is 11.4. The van der Waals surface area contributed by atoms with Gasteiger partial charge in [-0.2, -0.15) is 0 Å². The van der Waals surface area contributed by atoms with Crippen molar-refractivity contribution in [3.63, 3.8) is 0 Å². The van der Waals surface area contributed by atoms with Crippen molar-refractivity contribution >= 4 is 5.91 Å². The van der Waals surface area contributed by atoms with E-state index >= 15 is 0 Å². The Kier molecular flexibility index (Phi) is 7.70. The Labute approximate surface area is 131 Å². The number of carbonyl (C=O) groups is 1. The van der Waals surface area contributed by atoms with E-state index in [1.165, 1.54) is 6.92 Å². The van der Waals surface area contributed by atoms with Crippen LogP contribution in [0.4, 0.5) is 0 Å². The lowest BCUT2D eigenvalue weighted by Crippen LogP contribution is -2.33. The Bertz CT molecular complexity index is 478. The molecule has 0 radical (unpaired) electrons. The fourth-order valence-electron chi connectivity index (χ4n) is 2.04. The number of para-hydroxylation sites is 1. The highest BCUT2D eigenvalue weighted by molar-refractivity contribution is 5.70. The van der Waals surface area contributed by atoms with Crippen LogP contribution >= 0.6 is 0 Å². The molecule has 0 fully saturated rings. The lowest BCUT2D eigenvalue weighted by Gasteiger charge is -2.22. The lowest BCUT2D eigenvalue weighted by atomic mass is 10.1. The van der Waals surface area contributed by atoms with Gasteiger partial charge in [0.05, 0.1) is 26.9 Å². The molecule has 1 aromatic carbocycles. The van der Waals surface area contributed by atoms with Crippen LogP contribution in [0.2, 0.25) is 0 Å². The van der Waals surface area contributed by atoms with Crippen molar-refractivity contribution in [1.29, 1.82) is 0 Å². The first-order chi connectivity index (χ1) is 10.5. The molecule has 0 spiro atoms. The Morgan fingerprint density at radius 3 is 2.55 bits per heavy atom. The van der Waals surface area contributed by atoms with Crippen LogP contribution in [0.25, 0.3) is 0 Å². The van der Waals surface area contributed by atoms with Crippen molar-refractivity contribution in [2.45, 2.75) is 39.7 Å². The SMILES string of the molecule is CCON(OC(C)CCc1cccc(OC)c1OC)C(C)=O. The number of methoxy groups -OCH3 is 2. The summed E-state index contributed by atoms with van der Waals surface area (Å²) < 4.78 is 10.7. The van der Waals surface area contributed by atoms with Gasteiger partial charge in [-0.3, -0.25) is 4.79 Å². The largest absolute Gasteiger partial charge is 0.493 e. The zero-order valence-electron chi connectivity index (χ0n) is 13.9. The molecule has 124 valence electrons. The summed E-state index contributed by atoms with van der Waals surface area (Å²) in [4.78, 5) is 22.0. The molecule has 0 aliphatic carbocycles. The van der Waals surface area contributed by atoms with Crippen LogP contribution in [-0.4, -0.2) is 38.1 Å². The van der Waals surface area contributed by atoms with Gasteiger partial charge in [-0.25, -0.2) is 9.68 Å². The standard InChI is InChI=1S/C16H25NO5/c1-6-21-17(13(3)18)22-12(2)10-11-14-8-7-9-15(19-4)16(14)20-5/h7-9,12H,6,10-11H2,1-5H3. The number of hydrogen-bond acceptors (Lipinski definition) is 5. The minimum absolute atomic E-state index is 0.175. The number of carbonyl (C=O) groups excluding carboxylic acids is 1.